The van der Waals surface area contributed by atoms with Crippen molar-refractivity contribution in [3.8, 4) is 0 Å². The lowest BCUT2D eigenvalue weighted by Crippen LogP contribution is -2.30. The third kappa shape index (κ3) is 3.94. The molecule has 1 aromatic heterocycles. The topological polar surface area (TPSA) is 64.4 Å². The predicted molar refractivity (Wildman–Crippen MR) is 69.3 cm³/mol. The molecule has 0 aliphatic carbocycles. The zero-order valence-corrected chi connectivity index (χ0v) is 12.1. The van der Waals surface area contributed by atoms with Gasteiger partial charge in [-0.25, -0.2) is 8.42 Å². The molecule has 104 valence electrons. The van der Waals surface area contributed by atoms with E-state index in [-0.39, 0.29) is 4.90 Å². The molecule has 0 aliphatic heterocycles. The van der Waals surface area contributed by atoms with Crippen molar-refractivity contribution in [2.75, 3.05) is 32.7 Å². The monoisotopic (exact) mass is 295 g/mol. The van der Waals surface area contributed by atoms with Gasteiger partial charge < -0.3 is 4.74 Å². The van der Waals surface area contributed by atoms with Crippen LogP contribution in [0.3, 0.4) is 0 Å². The van der Waals surface area contributed by atoms with Gasteiger partial charge in [0.15, 0.2) is 0 Å². The van der Waals surface area contributed by atoms with Crippen LogP contribution in [0.1, 0.15) is 6.92 Å². The first-order chi connectivity index (χ1) is 8.52. The molecule has 0 saturated carbocycles. The number of alkyl halides is 1. The maximum absolute atomic E-state index is 12.1. The molecule has 0 aromatic carbocycles. The Bertz CT molecular complexity index is 461. The molecule has 6 nitrogen and oxygen atoms in total. The molecule has 1 heterocycles. The van der Waals surface area contributed by atoms with Gasteiger partial charge in [-0.05, 0) is 6.92 Å². The summed E-state index contributed by atoms with van der Waals surface area (Å²) in [4.78, 5) is 0.173. The summed E-state index contributed by atoms with van der Waals surface area (Å²) in [7, 11) is -1.97. The molecule has 0 aliphatic rings. The Labute approximate surface area is 113 Å². The highest BCUT2D eigenvalue weighted by Crippen LogP contribution is 2.12. The van der Waals surface area contributed by atoms with E-state index in [1.807, 2.05) is 6.92 Å². The van der Waals surface area contributed by atoms with Crippen LogP contribution < -0.4 is 0 Å². The normalized spacial score (nSPS) is 12.2. The highest BCUT2D eigenvalue weighted by Gasteiger charge is 2.22. The maximum atomic E-state index is 12.1. The first-order valence-electron chi connectivity index (χ1n) is 5.65. The summed E-state index contributed by atoms with van der Waals surface area (Å²) in [6.07, 6.45) is 2.81. The molecule has 0 bridgehead atoms. The lowest BCUT2D eigenvalue weighted by molar-refractivity contribution is 0.138. The first-order valence-corrected chi connectivity index (χ1v) is 7.62. The second-order valence-electron chi connectivity index (χ2n) is 3.65. The summed E-state index contributed by atoms with van der Waals surface area (Å²) in [5, 5.41) is 3.95. The van der Waals surface area contributed by atoms with E-state index in [2.05, 4.69) is 5.10 Å². The molecule has 0 radical (unpaired) electrons. The van der Waals surface area contributed by atoms with E-state index in [0.29, 0.717) is 32.2 Å². The van der Waals surface area contributed by atoms with Crippen molar-refractivity contribution in [2.24, 2.45) is 0 Å². The molecular formula is C10H18ClN3O3S. The van der Waals surface area contributed by atoms with Crippen LogP contribution in [0.4, 0.5) is 0 Å². The fourth-order valence-electron chi connectivity index (χ4n) is 1.32. The Balaban J connectivity index is 2.71. The van der Waals surface area contributed by atoms with E-state index >= 15 is 0 Å². The van der Waals surface area contributed by atoms with Crippen LogP contribution >= 0.6 is 11.6 Å². The van der Waals surface area contributed by atoms with Gasteiger partial charge in [-0.1, -0.05) is 0 Å². The fourth-order valence-corrected chi connectivity index (χ4v) is 2.61. The highest BCUT2D eigenvalue weighted by molar-refractivity contribution is 7.89. The van der Waals surface area contributed by atoms with Crippen LogP contribution in [0.2, 0.25) is 0 Å². The number of rotatable bonds is 8. The highest BCUT2D eigenvalue weighted by atomic mass is 35.5. The van der Waals surface area contributed by atoms with E-state index in [9.17, 15) is 8.42 Å². The van der Waals surface area contributed by atoms with Gasteiger partial charge in [0.25, 0.3) is 0 Å². The first kappa shape index (κ1) is 15.4. The maximum Gasteiger partial charge on any atom is 0.246 e. The Morgan fingerprint density at radius 1 is 1.56 bits per heavy atom. The molecule has 8 heteroatoms. The minimum Gasteiger partial charge on any atom is -0.380 e. The van der Waals surface area contributed by atoms with Crippen molar-refractivity contribution in [1.29, 1.82) is 0 Å². The molecule has 1 rings (SSSR count). The van der Waals surface area contributed by atoms with Gasteiger partial charge in [-0.15, -0.1) is 11.6 Å². The summed E-state index contributed by atoms with van der Waals surface area (Å²) in [6, 6.07) is 0. The van der Waals surface area contributed by atoms with Crippen molar-refractivity contribution >= 4 is 21.6 Å². The van der Waals surface area contributed by atoms with Crippen LogP contribution in [0.25, 0.3) is 0 Å². The second kappa shape index (κ2) is 7.08. The number of hydrogen-bond acceptors (Lipinski definition) is 4. The third-order valence-electron chi connectivity index (χ3n) is 2.39. The number of ether oxygens (including phenoxy) is 1. The summed E-state index contributed by atoms with van der Waals surface area (Å²) >= 11 is 5.57. The molecule has 0 amide bonds. The number of halogens is 1. The number of nitrogens with zero attached hydrogens (tertiary/aromatic N) is 3. The molecule has 1 aromatic rings. The zero-order valence-electron chi connectivity index (χ0n) is 10.5. The van der Waals surface area contributed by atoms with Crippen LogP contribution in [0, 0.1) is 0 Å². The number of likely N-dealkylation sites (N-methyl/N-ethyl adjacent to an activating group) is 1. The quantitative estimate of drug-likeness (QED) is 0.525. The molecule has 18 heavy (non-hydrogen) atoms. The molecular weight excluding hydrogens is 278 g/mol. The largest absolute Gasteiger partial charge is 0.380 e. The van der Waals surface area contributed by atoms with Crippen molar-refractivity contribution in [1.82, 2.24) is 14.1 Å². The SMILES string of the molecule is CCOCCN(C)S(=O)(=O)c1cnn(CCCl)c1. The van der Waals surface area contributed by atoms with E-state index in [1.54, 1.807) is 0 Å². The van der Waals surface area contributed by atoms with Gasteiger partial charge in [0.05, 0.1) is 19.3 Å². The van der Waals surface area contributed by atoms with E-state index in [4.69, 9.17) is 16.3 Å². The zero-order chi connectivity index (χ0) is 13.6. The number of sulfonamides is 1. The predicted octanol–water partition coefficient (Wildman–Crippen LogP) is 0.779. The van der Waals surface area contributed by atoms with Gasteiger partial charge in [0.1, 0.15) is 4.90 Å². The number of aromatic nitrogens is 2. The summed E-state index contributed by atoms with van der Waals surface area (Å²) in [5.41, 5.74) is 0. The third-order valence-corrected chi connectivity index (χ3v) is 4.36. The van der Waals surface area contributed by atoms with Gasteiger partial charge in [-0.3, -0.25) is 4.68 Å². The minimum atomic E-state index is -3.49. The van der Waals surface area contributed by atoms with Gasteiger partial charge in [0, 0.05) is 32.3 Å². The molecule has 0 fully saturated rings. The smallest absolute Gasteiger partial charge is 0.246 e. The van der Waals surface area contributed by atoms with Crippen LogP contribution in [0.5, 0.6) is 0 Å². The molecule has 0 saturated heterocycles. The van der Waals surface area contributed by atoms with Gasteiger partial charge in [-0.2, -0.15) is 9.40 Å². The van der Waals surface area contributed by atoms with Crippen molar-refractivity contribution in [3.63, 3.8) is 0 Å². The molecule has 0 N–H and O–H groups in total. The number of aryl methyl sites for hydroxylation is 1. The number of hydrogen-bond donors (Lipinski definition) is 0. The minimum absolute atomic E-state index is 0.173. The average Bonchev–Trinajstić information content (AvgIpc) is 2.79. The van der Waals surface area contributed by atoms with Crippen LogP contribution in [-0.2, 0) is 21.3 Å². The van der Waals surface area contributed by atoms with Crippen molar-refractivity contribution < 1.29 is 13.2 Å². The lowest BCUT2D eigenvalue weighted by atomic mass is 10.7. The van der Waals surface area contributed by atoms with Crippen LogP contribution in [-0.4, -0.2) is 55.2 Å². The van der Waals surface area contributed by atoms with E-state index in [0.717, 1.165) is 0 Å². The Hall–Kier alpha value is -0.630. The average molecular weight is 296 g/mol. The van der Waals surface area contributed by atoms with Crippen LogP contribution in [0.15, 0.2) is 17.3 Å². The Morgan fingerprint density at radius 2 is 2.28 bits per heavy atom. The second-order valence-corrected chi connectivity index (χ2v) is 6.07. The lowest BCUT2D eigenvalue weighted by Gasteiger charge is -2.15. The standard InChI is InChI=1S/C10H18ClN3O3S/c1-3-17-7-6-13(2)18(15,16)10-8-12-14(9-10)5-4-11/h8-9H,3-7H2,1-2H3. The van der Waals surface area contributed by atoms with Gasteiger partial charge in [0.2, 0.25) is 10.0 Å². The van der Waals surface area contributed by atoms with E-state index in [1.165, 1.54) is 28.4 Å². The van der Waals surface area contributed by atoms with Gasteiger partial charge >= 0.3 is 0 Å². The molecule has 0 spiro atoms. The summed E-state index contributed by atoms with van der Waals surface area (Å²) in [5.74, 6) is 0.390. The van der Waals surface area contributed by atoms with E-state index < -0.39 is 10.0 Å². The fraction of sp³-hybridized carbons (Fsp3) is 0.700. The van der Waals surface area contributed by atoms with Crippen molar-refractivity contribution in [3.05, 3.63) is 12.4 Å². The summed E-state index contributed by atoms with van der Waals surface area (Å²) < 4.78 is 32.2. The summed E-state index contributed by atoms with van der Waals surface area (Å²) in [6.45, 7) is 3.62. The van der Waals surface area contributed by atoms with Crippen molar-refractivity contribution in [2.45, 2.75) is 18.4 Å². The Kier molecular flexibility index (Phi) is 6.07. The Morgan fingerprint density at radius 3 is 2.89 bits per heavy atom. The molecule has 0 atom stereocenters. The molecule has 0 unspecified atom stereocenters.